The average Bonchev–Trinajstić information content (AvgIpc) is 2.81. The molecule has 184 valence electrons. The minimum Gasteiger partial charge on any atom is -0.481 e. The standard InChI is InChI=1S/C27H28Cl2N2O4/c1-17-26(24(32)33,13-6-10-19-8-4-3-5-9-19)23(20-11-12-21(28)22(29)16-20)27(25(34)35,14-7-15-30)18(2)31-17/h3-6,8-12,16-18,23,31H,7,13-14H2,1-2H3,(H,32,33)(H,34,35). The summed E-state index contributed by atoms with van der Waals surface area (Å²) in [7, 11) is 0. The maximum Gasteiger partial charge on any atom is 0.312 e. The third-order valence-electron chi connectivity index (χ3n) is 7.36. The van der Waals surface area contributed by atoms with E-state index in [4.69, 9.17) is 23.2 Å². The predicted molar refractivity (Wildman–Crippen MR) is 136 cm³/mol. The molecule has 0 radical (unpaired) electrons. The normalized spacial score (nSPS) is 28.5. The zero-order chi connectivity index (χ0) is 25.8. The van der Waals surface area contributed by atoms with Crippen LogP contribution in [0.2, 0.25) is 10.0 Å². The molecule has 6 nitrogen and oxygen atoms in total. The molecule has 0 aromatic heterocycles. The van der Waals surface area contributed by atoms with E-state index in [1.165, 1.54) is 0 Å². The van der Waals surface area contributed by atoms with Gasteiger partial charge in [0.25, 0.3) is 0 Å². The molecule has 1 fully saturated rings. The smallest absolute Gasteiger partial charge is 0.312 e. The van der Waals surface area contributed by atoms with Crippen molar-refractivity contribution in [1.82, 2.24) is 5.32 Å². The number of aliphatic carboxylic acids is 2. The van der Waals surface area contributed by atoms with Gasteiger partial charge in [-0.25, -0.2) is 0 Å². The van der Waals surface area contributed by atoms with Gasteiger partial charge in [0.2, 0.25) is 0 Å². The van der Waals surface area contributed by atoms with Crippen LogP contribution in [0.3, 0.4) is 0 Å². The van der Waals surface area contributed by atoms with E-state index in [-0.39, 0.29) is 29.3 Å². The summed E-state index contributed by atoms with van der Waals surface area (Å²) >= 11 is 12.5. The monoisotopic (exact) mass is 514 g/mol. The SMILES string of the molecule is CC1NC(C)C(CCC#N)(C(=O)O)C(c2ccc(Cl)c(Cl)c2)C1(CC=Cc1ccccc1)C(=O)O. The van der Waals surface area contributed by atoms with Gasteiger partial charge in [0.1, 0.15) is 0 Å². The molecule has 3 rings (SSSR count). The minimum atomic E-state index is -1.58. The molecule has 0 amide bonds. The first-order chi connectivity index (χ1) is 16.6. The average molecular weight is 515 g/mol. The van der Waals surface area contributed by atoms with Gasteiger partial charge in [0, 0.05) is 24.4 Å². The Morgan fingerprint density at radius 1 is 1.03 bits per heavy atom. The van der Waals surface area contributed by atoms with Crippen molar-refractivity contribution >= 4 is 41.2 Å². The van der Waals surface area contributed by atoms with Gasteiger partial charge in [-0.05, 0) is 49.9 Å². The molecule has 1 aliphatic heterocycles. The van der Waals surface area contributed by atoms with Gasteiger partial charge in [-0.3, -0.25) is 9.59 Å². The molecule has 1 saturated heterocycles. The summed E-state index contributed by atoms with van der Waals surface area (Å²) in [6.07, 6.45) is 3.60. The molecule has 0 saturated carbocycles. The van der Waals surface area contributed by atoms with Gasteiger partial charge in [-0.1, -0.05) is 71.8 Å². The van der Waals surface area contributed by atoms with Crippen molar-refractivity contribution in [2.24, 2.45) is 10.8 Å². The van der Waals surface area contributed by atoms with E-state index in [2.05, 4.69) is 5.32 Å². The van der Waals surface area contributed by atoms with Crippen LogP contribution in [-0.2, 0) is 9.59 Å². The molecular formula is C27H28Cl2N2O4. The van der Waals surface area contributed by atoms with Gasteiger partial charge >= 0.3 is 11.9 Å². The highest BCUT2D eigenvalue weighted by atomic mass is 35.5. The maximum atomic E-state index is 13.2. The molecule has 8 heteroatoms. The van der Waals surface area contributed by atoms with Crippen molar-refractivity contribution in [1.29, 1.82) is 5.26 Å². The van der Waals surface area contributed by atoms with Crippen LogP contribution in [0.25, 0.3) is 6.08 Å². The molecule has 0 aliphatic carbocycles. The zero-order valence-corrected chi connectivity index (χ0v) is 21.1. The van der Waals surface area contributed by atoms with Crippen LogP contribution in [0.1, 0.15) is 50.2 Å². The lowest BCUT2D eigenvalue weighted by molar-refractivity contribution is -0.172. The van der Waals surface area contributed by atoms with Crippen LogP contribution >= 0.6 is 23.2 Å². The maximum absolute atomic E-state index is 13.2. The van der Waals surface area contributed by atoms with E-state index in [1.54, 1.807) is 38.1 Å². The molecule has 1 aliphatic rings. The molecule has 3 N–H and O–H groups in total. The quantitative estimate of drug-likeness (QED) is 0.397. The summed E-state index contributed by atoms with van der Waals surface area (Å²) in [6, 6.07) is 15.1. The van der Waals surface area contributed by atoms with E-state index >= 15 is 0 Å². The lowest BCUT2D eigenvalue weighted by Gasteiger charge is -2.57. The largest absolute Gasteiger partial charge is 0.481 e. The van der Waals surface area contributed by atoms with Crippen LogP contribution in [0, 0.1) is 22.2 Å². The Balaban J connectivity index is 2.29. The first-order valence-corrected chi connectivity index (χ1v) is 12.1. The molecular weight excluding hydrogens is 487 g/mol. The fourth-order valence-corrected chi connectivity index (χ4v) is 5.91. The van der Waals surface area contributed by atoms with Gasteiger partial charge in [0.05, 0.1) is 26.9 Å². The van der Waals surface area contributed by atoms with Crippen LogP contribution in [0.5, 0.6) is 0 Å². The highest BCUT2D eigenvalue weighted by Crippen LogP contribution is 2.59. The number of piperidine rings is 1. The van der Waals surface area contributed by atoms with Crippen LogP contribution in [0.4, 0.5) is 0 Å². The minimum absolute atomic E-state index is 0.0257. The van der Waals surface area contributed by atoms with Crippen LogP contribution in [0.15, 0.2) is 54.6 Å². The van der Waals surface area contributed by atoms with Crippen molar-refractivity contribution < 1.29 is 19.8 Å². The van der Waals surface area contributed by atoms with Crippen molar-refractivity contribution in [3.05, 3.63) is 75.8 Å². The number of benzene rings is 2. The van der Waals surface area contributed by atoms with Crippen molar-refractivity contribution in [3.63, 3.8) is 0 Å². The van der Waals surface area contributed by atoms with Crippen LogP contribution < -0.4 is 5.32 Å². The Morgan fingerprint density at radius 2 is 1.66 bits per heavy atom. The van der Waals surface area contributed by atoms with Gasteiger partial charge in [-0.15, -0.1) is 0 Å². The summed E-state index contributed by atoms with van der Waals surface area (Å²) in [5.41, 5.74) is -1.77. The number of nitrogens with zero attached hydrogens (tertiary/aromatic N) is 1. The number of rotatable bonds is 8. The number of carboxylic acid groups (broad SMARTS) is 2. The molecule has 2 aromatic carbocycles. The highest BCUT2D eigenvalue weighted by Gasteiger charge is 2.66. The van der Waals surface area contributed by atoms with E-state index < -0.39 is 40.8 Å². The number of allylic oxidation sites excluding steroid dienone is 1. The van der Waals surface area contributed by atoms with Gasteiger partial charge in [-0.2, -0.15) is 5.26 Å². The van der Waals surface area contributed by atoms with Crippen molar-refractivity contribution in [2.75, 3.05) is 0 Å². The molecule has 1 heterocycles. The number of hydrogen-bond acceptors (Lipinski definition) is 4. The molecule has 5 atom stereocenters. The highest BCUT2D eigenvalue weighted by molar-refractivity contribution is 6.42. The fourth-order valence-electron chi connectivity index (χ4n) is 5.60. The first kappa shape index (κ1) is 26.7. The Hall–Kier alpha value is -2.85. The van der Waals surface area contributed by atoms with Gasteiger partial charge < -0.3 is 15.5 Å². The second kappa shape index (κ2) is 10.8. The number of carbonyl (C=O) groups is 2. The summed E-state index contributed by atoms with van der Waals surface area (Å²) in [5.74, 6) is -3.28. The summed E-state index contributed by atoms with van der Waals surface area (Å²) < 4.78 is 0. The Kier molecular flexibility index (Phi) is 8.27. The van der Waals surface area contributed by atoms with Crippen molar-refractivity contribution in [3.8, 4) is 6.07 Å². The lowest BCUT2D eigenvalue weighted by atomic mass is 9.49. The Bertz CT molecular complexity index is 1160. The summed E-state index contributed by atoms with van der Waals surface area (Å²) in [5, 5.41) is 34.5. The number of hydrogen-bond donors (Lipinski definition) is 3. The van der Waals surface area contributed by atoms with Crippen molar-refractivity contribution in [2.45, 2.75) is 51.1 Å². The lowest BCUT2D eigenvalue weighted by Crippen LogP contribution is -2.69. The van der Waals surface area contributed by atoms with E-state index in [0.29, 0.717) is 5.56 Å². The second-order valence-corrected chi connectivity index (χ2v) is 9.90. The van der Waals surface area contributed by atoms with E-state index in [0.717, 1.165) is 5.56 Å². The van der Waals surface area contributed by atoms with E-state index in [9.17, 15) is 25.1 Å². The summed E-state index contributed by atoms with van der Waals surface area (Å²) in [4.78, 5) is 26.2. The van der Waals surface area contributed by atoms with Crippen LogP contribution in [-0.4, -0.2) is 34.2 Å². The molecule has 0 bridgehead atoms. The zero-order valence-electron chi connectivity index (χ0n) is 19.5. The number of halogens is 2. The molecule has 35 heavy (non-hydrogen) atoms. The fraction of sp³-hybridized carbons (Fsp3) is 0.370. The second-order valence-electron chi connectivity index (χ2n) is 9.08. The summed E-state index contributed by atoms with van der Waals surface area (Å²) in [6.45, 7) is 3.50. The molecule has 2 aromatic rings. The topological polar surface area (TPSA) is 110 Å². The number of nitriles is 1. The predicted octanol–water partition coefficient (Wildman–Crippen LogP) is 6.01. The Morgan fingerprint density at radius 3 is 2.23 bits per heavy atom. The molecule has 0 spiro atoms. The Labute approximate surface area is 215 Å². The third-order valence-corrected chi connectivity index (χ3v) is 8.10. The number of carboxylic acids is 2. The van der Waals surface area contributed by atoms with E-state index in [1.807, 2.05) is 42.5 Å². The first-order valence-electron chi connectivity index (χ1n) is 11.4. The van der Waals surface area contributed by atoms with Gasteiger partial charge in [0.15, 0.2) is 0 Å². The third kappa shape index (κ3) is 4.81. The molecule has 5 unspecified atom stereocenters. The number of nitrogens with one attached hydrogen (secondary N) is 1.